The Morgan fingerprint density at radius 2 is 1.82 bits per heavy atom. The maximum atomic E-state index is 5.38. The third-order valence-electron chi connectivity index (χ3n) is 2.82. The minimum absolute atomic E-state index is 0.867. The molecule has 0 saturated carbocycles. The summed E-state index contributed by atoms with van der Waals surface area (Å²) in [6.07, 6.45) is 3.81. The van der Waals surface area contributed by atoms with Gasteiger partial charge in [-0.15, -0.1) is 0 Å². The van der Waals surface area contributed by atoms with Crippen molar-refractivity contribution in [2.24, 2.45) is 0 Å². The molecule has 84 valence electrons. The van der Waals surface area contributed by atoms with E-state index in [0.717, 1.165) is 22.4 Å². The molecule has 0 N–H and O–H groups in total. The molecule has 17 heavy (non-hydrogen) atoms. The van der Waals surface area contributed by atoms with Gasteiger partial charge >= 0.3 is 0 Å². The predicted octanol–water partition coefficient (Wildman–Crippen LogP) is 3.01. The number of benzene rings is 1. The highest BCUT2D eigenvalue weighted by Gasteiger charge is 2.09. The summed E-state index contributed by atoms with van der Waals surface area (Å²) in [6.45, 7) is 0. The van der Waals surface area contributed by atoms with Gasteiger partial charge in [-0.05, 0) is 18.2 Å². The fraction of sp³-hybridized carbons (Fsp3) is 0.0714. The van der Waals surface area contributed by atoms with Crippen LogP contribution in [0.4, 0.5) is 0 Å². The summed E-state index contributed by atoms with van der Waals surface area (Å²) in [5.41, 5.74) is 3.23. The first-order chi connectivity index (χ1) is 8.40. The highest BCUT2D eigenvalue weighted by molar-refractivity contribution is 5.83. The molecule has 3 heteroatoms. The molecule has 0 spiro atoms. The molecule has 1 aromatic carbocycles. The van der Waals surface area contributed by atoms with Gasteiger partial charge in [0.05, 0.1) is 18.8 Å². The zero-order valence-electron chi connectivity index (χ0n) is 9.50. The topological polar surface area (TPSA) is 26.5 Å². The van der Waals surface area contributed by atoms with E-state index in [0.29, 0.717) is 0 Å². The van der Waals surface area contributed by atoms with Crippen molar-refractivity contribution in [1.82, 2.24) is 9.61 Å². The van der Waals surface area contributed by atoms with Gasteiger partial charge in [0.25, 0.3) is 0 Å². The average Bonchev–Trinajstić information content (AvgIpc) is 2.82. The lowest BCUT2D eigenvalue weighted by Gasteiger charge is -2.06. The van der Waals surface area contributed by atoms with Gasteiger partial charge in [-0.25, -0.2) is 4.52 Å². The Morgan fingerprint density at radius 1 is 1.00 bits per heavy atom. The molecule has 0 unspecified atom stereocenters. The summed E-state index contributed by atoms with van der Waals surface area (Å²) in [5, 5.41) is 4.33. The van der Waals surface area contributed by atoms with Gasteiger partial charge in [0, 0.05) is 17.3 Å². The molecule has 0 aliphatic carbocycles. The minimum atomic E-state index is 0.867. The fourth-order valence-electron chi connectivity index (χ4n) is 2.01. The first-order valence-electron chi connectivity index (χ1n) is 5.46. The Labute approximate surface area is 99.3 Å². The summed E-state index contributed by atoms with van der Waals surface area (Å²) in [5.74, 6) is 0.867. The van der Waals surface area contributed by atoms with Crippen LogP contribution in [0.25, 0.3) is 16.6 Å². The lowest BCUT2D eigenvalue weighted by molar-refractivity contribution is 0.416. The normalized spacial score (nSPS) is 10.6. The minimum Gasteiger partial charge on any atom is -0.496 e. The van der Waals surface area contributed by atoms with Crippen LogP contribution in [0, 0.1) is 0 Å². The summed E-state index contributed by atoms with van der Waals surface area (Å²) in [6, 6.07) is 14.0. The van der Waals surface area contributed by atoms with Crippen molar-refractivity contribution in [1.29, 1.82) is 0 Å². The highest BCUT2D eigenvalue weighted by Crippen LogP contribution is 2.32. The molecule has 0 fully saturated rings. The maximum Gasteiger partial charge on any atom is 0.126 e. The molecule has 3 nitrogen and oxygen atoms in total. The number of aromatic nitrogens is 2. The molecule has 0 radical (unpaired) electrons. The summed E-state index contributed by atoms with van der Waals surface area (Å²) in [7, 11) is 1.69. The van der Waals surface area contributed by atoms with Gasteiger partial charge < -0.3 is 4.74 Å². The summed E-state index contributed by atoms with van der Waals surface area (Å²) in [4.78, 5) is 0. The number of methoxy groups -OCH3 is 1. The molecule has 3 aromatic rings. The molecule has 2 heterocycles. The Balaban J connectivity index is 2.27. The largest absolute Gasteiger partial charge is 0.496 e. The van der Waals surface area contributed by atoms with Crippen LogP contribution in [0.3, 0.4) is 0 Å². The van der Waals surface area contributed by atoms with Gasteiger partial charge in [0.1, 0.15) is 5.75 Å². The van der Waals surface area contributed by atoms with Crippen LogP contribution in [0.1, 0.15) is 0 Å². The van der Waals surface area contributed by atoms with Crippen molar-refractivity contribution in [3.63, 3.8) is 0 Å². The molecule has 2 aromatic heterocycles. The lowest BCUT2D eigenvalue weighted by Crippen LogP contribution is -1.87. The molecule has 0 amide bonds. The molecular weight excluding hydrogens is 212 g/mol. The van der Waals surface area contributed by atoms with Gasteiger partial charge in [-0.2, -0.15) is 5.10 Å². The van der Waals surface area contributed by atoms with E-state index in [9.17, 15) is 0 Å². The molecule has 3 rings (SSSR count). The van der Waals surface area contributed by atoms with E-state index in [-0.39, 0.29) is 0 Å². The van der Waals surface area contributed by atoms with Crippen molar-refractivity contribution in [3.8, 4) is 16.9 Å². The maximum absolute atomic E-state index is 5.38. The third-order valence-corrected chi connectivity index (χ3v) is 2.82. The van der Waals surface area contributed by atoms with Crippen LogP contribution >= 0.6 is 0 Å². The van der Waals surface area contributed by atoms with E-state index in [1.165, 1.54) is 0 Å². The second-order valence-electron chi connectivity index (χ2n) is 3.79. The summed E-state index contributed by atoms with van der Waals surface area (Å²) < 4.78 is 7.24. The van der Waals surface area contributed by atoms with Gasteiger partial charge in [0.2, 0.25) is 0 Å². The fourth-order valence-corrected chi connectivity index (χ4v) is 2.01. The number of fused-ring (bicyclic) bond motifs is 1. The third kappa shape index (κ3) is 1.56. The average molecular weight is 224 g/mol. The van der Waals surface area contributed by atoms with E-state index in [2.05, 4.69) is 11.2 Å². The van der Waals surface area contributed by atoms with Crippen LogP contribution in [0.2, 0.25) is 0 Å². The highest BCUT2D eigenvalue weighted by atomic mass is 16.5. The van der Waals surface area contributed by atoms with E-state index < -0.39 is 0 Å². The van der Waals surface area contributed by atoms with Crippen LogP contribution < -0.4 is 4.74 Å². The van der Waals surface area contributed by atoms with Crippen molar-refractivity contribution >= 4 is 5.52 Å². The van der Waals surface area contributed by atoms with E-state index in [1.54, 1.807) is 7.11 Å². The number of para-hydroxylation sites is 1. The zero-order valence-corrected chi connectivity index (χ0v) is 9.50. The number of hydrogen-bond donors (Lipinski definition) is 0. The SMILES string of the molecule is COc1ccccc1-c1cnn2ccccc12. The van der Waals surface area contributed by atoms with Gasteiger partial charge in [0.15, 0.2) is 0 Å². The number of rotatable bonds is 2. The monoisotopic (exact) mass is 224 g/mol. The van der Waals surface area contributed by atoms with Gasteiger partial charge in [-0.1, -0.05) is 24.3 Å². The lowest BCUT2D eigenvalue weighted by atomic mass is 10.1. The first kappa shape index (κ1) is 9.90. The van der Waals surface area contributed by atoms with Crippen molar-refractivity contribution in [2.75, 3.05) is 7.11 Å². The number of pyridine rings is 1. The molecule has 0 bridgehead atoms. The standard InChI is InChI=1S/C14H12N2O/c1-17-14-8-3-2-6-11(14)12-10-15-16-9-5-4-7-13(12)16/h2-10H,1H3. The number of hydrogen-bond acceptors (Lipinski definition) is 2. The Hall–Kier alpha value is -2.29. The van der Waals surface area contributed by atoms with Crippen LogP contribution in [-0.2, 0) is 0 Å². The second kappa shape index (κ2) is 3.94. The number of nitrogens with zero attached hydrogens (tertiary/aromatic N) is 2. The van der Waals surface area contributed by atoms with Crippen molar-refractivity contribution in [3.05, 3.63) is 54.9 Å². The van der Waals surface area contributed by atoms with Crippen molar-refractivity contribution in [2.45, 2.75) is 0 Å². The van der Waals surface area contributed by atoms with Crippen LogP contribution in [-0.4, -0.2) is 16.7 Å². The van der Waals surface area contributed by atoms with Crippen LogP contribution in [0.5, 0.6) is 5.75 Å². The number of ether oxygens (including phenoxy) is 1. The van der Waals surface area contributed by atoms with E-state index in [1.807, 2.05) is 53.3 Å². The van der Waals surface area contributed by atoms with Crippen molar-refractivity contribution < 1.29 is 4.74 Å². The van der Waals surface area contributed by atoms with Gasteiger partial charge in [-0.3, -0.25) is 0 Å². The smallest absolute Gasteiger partial charge is 0.126 e. The molecule has 0 atom stereocenters. The second-order valence-corrected chi connectivity index (χ2v) is 3.79. The zero-order chi connectivity index (χ0) is 11.7. The quantitative estimate of drug-likeness (QED) is 0.669. The van der Waals surface area contributed by atoms with E-state index >= 15 is 0 Å². The summed E-state index contributed by atoms with van der Waals surface area (Å²) >= 11 is 0. The first-order valence-corrected chi connectivity index (χ1v) is 5.46. The molecular formula is C14H12N2O. The molecule has 0 aliphatic rings. The van der Waals surface area contributed by atoms with E-state index in [4.69, 9.17) is 4.74 Å². The Bertz CT molecular complexity index is 658. The molecule has 0 aliphatic heterocycles. The van der Waals surface area contributed by atoms with Crippen LogP contribution in [0.15, 0.2) is 54.9 Å². The Kier molecular flexibility index (Phi) is 2.29. The molecule has 0 saturated heterocycles. The Morgan fingerprint density at radius 3 is 2.71 bits per heavy atom. The predicted molar refractivity (Wildman–Crippen MR) is 67.2 cm³/mol.